The Kier molecular flexibility index (Phi) is 12.6. The Morgan fingerprint density at radius 2 is 1.69 bits per heavy atom. The molecule has 0 radical (unpaired) electrons. The fraction of sp³-hybridized carbons (Fsp3) is 0.355. The zero-order valence-corrected chi connectivity index (χ0v) is 27.8. The molecule has 3 aromatic carbocycles. The lowest BCUT2D eigenvalue weighted by atomic mass is 10.1. The number of methoxy groups -OCH3 is 1. The lowest BCUT2D eigenvalue weighted by Gasteiger charge is -2.33. The number of hydrogen-bond acceptors (Lipinski definition) is 7. The van der Waals surface area contributed by atoms with Crippen molar-refractivity contribution in [1.82, 2.24) is 10.2 Å². The van der Waals surface area contributed by atoms with Crippen molar-refractivity contribution in [2.24, 2.45) is 0 Å². The number of hydrogen-bond donors (Lipinski definition) is 1. The predicted molar refractivity (Wildman–Crippen MR) is 174 cm³/mol. The molecule has 0 heterocycles. The number of carbonyl (C=O) groups excluding carboxylic acids is 2. The molecule has 14 heteroatoms. The van der Waals surface area contributed by atoms with Crippen molar-refractivity contribution in [1.29, 1.82) is 0 Å². The number of unbranched alkanes of at least 4 members (excludes halogenated alkanes) is 1. The summed E-state index contributed by atoms with van der Waals surface area (Å²) >= 11 is 12.9. The Bertz CT molecular complexity index is 1620. The Hall–Kier alpha value is -3.87. The van der Waals surface area contributed by atoms with Gasteiger partial charge in [-0.15, -0.1) is 0 Å². The first-order valence-electron chi connectivity index (χ1n) is 14.3. The van der Waals surface area contributed by atoms with E-state index in [9.17, 15) is 28.1 Å². The highest BCUT2D eigenvalue weighted by Gasteiger charge is 2.35. The standard InChI is InChI=1S/C31H36Cl2N4O7S/c1-5-7-17-34-31(39)28(6-2)35(19-25-26(32)9-8-10-27(25)33)30(38)20-36(22-12-14-23(44-4)15-13-22)45(42,43)24-16-11-21(3)29(18-24)37(40)41/h8-16,18,28H,5-7,17,19-20H2,1-4H3,(H,34,39). The quantitative estimate of drug-likeness (QED) is 0.116. The van der Waals surface area contributed by atoms with Crippen molar-refractivity contribution in [3.05, 3.63) is 92.0 Å². The van der Waals surface area contributed by atoms with Crippen molar-refractivity contribution in [3.63, 3.8) is 0 Å². The lowest BCUT2D eigenvalue weighted by Crippen LogP contribution is -2.52. The number of aryl methyl sites for hydroxylation is 1. The highest BCUT2D eigenvalue weighted by atomic mass is 35.5. The molecule has 0 fully saturated rings. The van der Waals surface area contributed by atoms with Gasteiger partial charge in [0.15, 0.2) is 0 Å². The molecule has 1 atom stereocenters. The van der Waals surface area contributed by atoms with Gasteiger partial charge >= 0.3 is 0 Å². The summed E-state index contributed by atoms with van der Waals surface area (Å²) in [6.07, 6.45) is 1.80. The third-order valence-corrected chi connectivity index (χ3v) is 9.69. The van der Waals surface area contributed by atoms with E-state index in [4.69, 9.17) is 27.9 Å². The van der Waals surface area contributed by atoms with Gasteiger partial charge in [0.1, 0.15) is 18.3 Å². The van der Waals surface area contributed by atoms with Crippen LogP contribution in [-0.2, 0) is 26.2 Å². The van der Waals surface area contributed by atoms with E-state index in [1.54, 1.807) is 25.1 Å². The molecule has 11 nitrogen and oxygen atoms in total. The maximum Gasteiger partial charge on any atom is 0.273 e. The number of nitro benzene ring substituents is 1. The summed E-state index contributed by atoms with van der Waals surface area (Å²) in [6, 6.07) is 13.4. The molecule has 3 rings (SSSR count). The maximum atomic E-state index is 14.2. The second-order valence-electron chi connectivity index (χ2n) is 10.2. The summed E-state index contributed by atoms with van der Waals surface area (Å²) in [5.74, 6) is -0.682. The number of rotatable bonds is 15. The monoisotopic (exact) mass is 678 g/mol. The summed E-state index contributed by atoms with van der Waals surface area (Å²) < 4.78 is 34.3. The lowest BCUT2D eigenvalue weighted by molar-refractivity contribution is -0.385. The van der Waals surface area contributed by atoms with Crippen molar-refractivity contribution in [2.75, 3.05) is 24.5 Å². The number of halogens is 2. The van der Waals surface area contributed by atoms with Crippen LogP contribution in [0.25, 0.3) is 0 Å². The molecule has 0 saturated carbocycles. The molecule has 0 bridgehead atoms. The van der Waals surface area contributed by atoms with Crippen LogP contribution in [-0.4, -0.2) is 56.3 Å². The SMILES string of the molecule is CCCCNC(=O)C(CC)N(Cc1c(Cl)cccc1Cl)C(=O)CN(c1ccc(OC)cc1)S(=O)(=O)c1ccc(C)c([N+](=O)[O-])c1. The Morgan fingerprint density at radius 3 is 2.24 bits per heavy atom. The van der Waals surface area contributed by atoms with Crippen LogP contribution in [0, 0.1) is 17.0 Å². The molecule has 0 aliphatic rings. The number of nitro groups is 1. The molecule has 0 spiro atoms. The topological polar surface area (TPSA) is 139 Å². The number of anilines is 1. The first kappa shape index (κ1) is 35.6. The summed E-state index contributed by atoms with van der Waals surface area (Å²) in [4.78, 5) is 39.4. The Morgan fingerprint density at radius 1 is 1.04 bits per heavy atom. The second kappa shape index (κ2) is 15.9. The fourth-order valence-corrected chi connectivity index (χ4v) is 6.58. The van der Waals surface area contributed by atoms with Crippen LogP contribution < -0.4 is 14.4 Å². The average molecular weight is 680 g/mol. The average Bonchev–Trinajstić information content (AvgIpc) is 3.01. The van der Waals surface area contributed by atoms with E-state index in [0.29, 0.717) is 17.9 Å². The summed E-state index contributed by atoms with van der Waals surface area (Å²) in [5, 5.41) is 15.0. The van der Waals surface area contributed by atoms with Crippen molar-refractivity contribution < 1.29 is 27.7 Å². The molecular formula is C31H36Cl2N4O7S. The van der Waals surface area contributed by atoms with Crippen molar-refractivity contribution >= 4 is 56.4 Å². The number of benzene rings is 3. The molecular weight excluding hydrogens is 643 g/mol. The zero-order valence-electron chi connectivity index (χ0n) is 25.5. The van der Waals surface area contributed by atoms with E-state index in [2.05, 4.69) is 5.32 Å². The Labute approximate surface area is 273 Å². The third-order valence-electron chi connectivity index (χ3n) is 7.21. The Balaban J connectivity index is 2.14. The third kappa shape index (κ3) is 8.65. The van der Waals surface area contributed by atoms with Crippen LogP contribution in [0.3, 0.4) is 0 Å². The van der Waals surface area contributed by atoms with Gasteiger partial charge < -0.3 is 15.0 Å². The van der Waals surface area contributed by atoms with E-state index in [0.717, 1.165) is 23.2 Å². The molecule has 1 unspecified atom stereocenters. The largest absolute Gasteiger partial charge is 0.497 e. The molecule has 0 saturated heterocycles. The van der Waals surface area contributed by atoms with E-state index < -0.39 is 39.3 Å². The molecule has 3 aromatic rings. The smallest absolute Gasteiger partial charge is 0.273 e. The predicted octanol–water partition coefficient (Wildman–Crippen LogP) is 6.14. The highest BCUT2D eigenvalue weighted by Crippen LogP contribution is 2.31. The minimum Gasteiger partial charge on any atom is -0.497 e. The number of nitrogens with zero attached hydrogens (tertiary/aromatic N) is 3. The van der Waals surface area contributed by atoms with Crippen molar-refractivity contribution in [3.8, 4) is 5.75 Å². The van der Waals surface area contributed by atoms with Gasteiger partial charge in [0, 0.05) is 40.3 Å². The minimum absolute atomic E-state index is 0.101. The van der Waals surface area contributed by atoms with Gasteiger partial charge in [0.25, 0.3) is 15.7 Å². The van der Waals surface area contributed by atoms with Crippen molar-refractivity contribution in [2.45, 2.75) is 57.5 Å². The van der Waals surface area contributed by atoms with Gasteiger partial charge in [0.2, 0.25) is 11.8 Å². The highest BCUT2D eigenvalue weighted by molar-refractivity contribution is 7.92. The molecule has 0 aliphatic heterocycles. The molecule has 0 aromatic heterocycles. The summed E-state index contributed by atoms with van der Waals surface area (Å²) in [6.45, 7) is 4.70. The second-order valence-corrected chi connectivity index (χ2v) is 12.9. The van der Waals surface area contributed by atoms with Crippen LogP contribution in [0.1, 0.15) is 44.2 Å². The van der Waals surface area contributed by atoms with Gasteiger partial charge in [-0.1, -0.05) is 55.6 Å². The van der Waals surface area contributed by atoms with E-state index >= 15 is 0 Å². The first-order valence-corrected chi connectivity index (χ1v) is 16.5. The normalized spacial score (nSPS) is 11.9. The van der Waals surface area contributed by atoms with Gasteiger partial charge in [-0.05, 0) is 62.2 Å². The van der Waals surface area contributed by atoms with E-state index in [1.807, 2.05) is 6.92 Å². The van der Waals surface area contributed by atoms with E-state index in [1.165, 1.54) is 55.3 Å². The van der Waals surface area contributed by atoms with Gasteiger partial charge in [-0.2, -0.15) is 0 Å². The van der Waals surface area contributed by atoms with Gasteiger partial charge in [0.05, 0.1) is 22.6 Å². The number of carbonyl (C=O) groups is 2. The van der Waals surface area contributed by atoms with Crippen LogP contribution in [0.15, 0.2) is 65.6 Å². The van der Waals surface area contributed by atoms with Gasteiger partial charge in [-0.3, -0.25) is 24.0 Å². The summed E-state index contributed by atoms with van der Waals surface area (Å²) in [7, 11) is -3.10. The first-order chi connectivity index (χ1) is 21.3. The van der Waals surface area contributed by atoms with Crippen LogP contribution in [0.4, 0.5) is 11.4 Å². The van der Waals surface area contributed by atoms with E-state index in [-0.39, 0.29) is 44.8 Å². The van der Waals surface area contributed by atoms with Gasteiger partial charge in [-0.25, -0.2) is 8.42 Å². The van der Waals surface area contributed by atoms with Crippen LogP contribution in [0.2, 0.25) is 10.0 Å². The van der Waals surface area contributed by atoms with Crippen LogP contribution in [0.5, 0.6) is 5.75 Å². The number of sulfonamides is 1. The molecule has 1 N–H and O–H groups in total. The molecule has 0 aliphatic carbocycles. The number of nitrogens with one attached hydrogen (secondary N) is 1. The summed E-state index contributed by atoms with van der Waals surface area (Å²) in [5.41, 5.74) is 0.376. The number of ether oxygens (including phenoxy) is 1. The molecule has 45 heavy (non-hydrogen) atoms. The maximum absolute atomic E-state index is 14.2. The minimum atomic E-state index is -4.55. The zero-order chi connectivity index (χ0) is 33.3. The molecule has 2 amide bonds. The fourth-order valence-electron chi connectivity index (χ4n) is 4.63. The molecule has 242 valence electrons. The van der Waals surface area contributed by atoms with Crippen LogP contribution >= 0.6 is 23.2 Å². The number of amides is 2.